The molecule has 35 heavy (non-hydrogen) atoms. The average Bonchev–Trinajstić information content (AvgIpc) is 3.49. The molecular formula is C27H24N4O3S. The molecule has 2 aromatic heterocycles. The van der Waals surface area contributed by atoms with Crippen molar-refractivity contribution in [3.05, 3.63) is 112 Å². The van der Waals surface area contributed by atoms with Gasteiger partial charge in [0.2, 0.25) is 0 Å². The van der Waals surface area contributed by atoms with Crippen molar-refractivity contribution < 1.29 is 9.34 Å². The number of thiocarbonyl (C=S) groups is 1. The van der Waals surface area contributed by atoms with Gasteiger partial charge in [-0.2, -0.15) is 0 Å². The first-order valence-corrected chi connectivity index (χ1v) is 11.8. The van der Waals surface area contributed by atoms with Gasteiger partial charge in [0.15, 0.2) is 5.11 Å². The lowest BCUT2D eigenvalue weighted by Gasteiger charge is -2.26. The third-order valence-electron chi connectivity index (χ3n) is 6.22. The summed E-state index contributed by atoms with van der Waals surface area (Å²) in [5.41, 5.74) is 3.42. The molecule has 1 fully saturated rings. The van der Waals surface area contributed by atoms with Gasteiger partial charge < -0.3 is 14.6 Å². The second-order valence-electron chi connectivity index (χ2n) is 8.72. The smallest absolute Gasteiger partial charge is 0.280 e. The highest BCUT2D eigenvalue weighted by molar-refractivity contribution is 7.80. The summed E-state index contributed by atoms with van der Waals surface area (Å²) in [6.07, 6.45) is 1.75. The molecule has 0 spiro atoms. The number of hydrogen-bond donors (Lipinski definition) is 1. The Hall–Kier alpha value is -4.04. The van der Waals surface area contributed by atoms with E-state index in [9.17, 15) is 10.1 Å². The van der Waals surface area contributed by atoms with Gasteiger partial charge in [0.25, 0.3) is 5.69 Å². The Morgan fingerprint density at radius 2 is 1.77 bits per heavy atom. The number of anilines is 1. The van der Waals surface area contributed by atoms with E-state index in [1.807, 2.05) is 29.2 Å². The summed E-state index contributed by atoms with van der Waals surface area (Å²) in [5.74, 6) is 1.48. The molecule has 0 saturated carbocycles. The molecule has 5 rings (SSSR count). The van der Waals surface area contributed by atoms with E-state index in [2.05, 4.69) is 48.4 Å². The zero-order chi connectivity index (χ0) is 24.5. The van der Waals surface area contributed by atoms with E-state index in [1.54, 1.807) is 30.5 Å². The lowest BCUT2D eigenvalue weighted by Crippen LogP contribution is -2.29. The van der Waals surface area contributed by atoms with E-state index < -0.39 is 4.92 Å². The van der Waals surface area contributed by atoms with Crippen molar-refractivity contribution in [2.45, 2.75) is 31.8 Å². The molecule has 2 aromatic carbocycles. The minimum Gasteiger partial charge on any atom is -0.459 e. The molecule has 1 aliphatic rings. The minimum atomic E-state index is -0.400. The summed E-state index contributed by atoms with van der Waals surface area (Å²) in [7, 11) is 0. The van der Waals surface area contributed by atoms with Gasteiger partial charge >= 0.3 is 0 Å². The van der Waals surface area contributed by atoms with Crippen LogP contribution in [-0.4, -0.2) is 15.0 Å². The maximum absolute atomic E-state index is 11.6. The number of furan rings is 1. The number of benzene rings is 2. The molecule has 0 bridgehead atoms. The first-order chi connectivity index (χ1) is 16.9. The molecule has 0 amide bonds. The van der Waals surface area contributed by atoms with Gasteiger partial charge in [0.1, 0.15) is 17.6 Å². The zero-order valence-electron chi connectivity index (χ0n) is 19.3. The molecule has 0 aliphatic carbocycles. The van der Waals surface area contributed by atoms with Crippen molar-refractivity contribution in [3.8, 4) is 11.3 Å². The van der Waals surface area contributed by atoms with Crippen LogP contribution >= 0.6 is 12.2 Å². The third-order valence-corrected chi connectivity index (χ3v) is 6.54. The number of nitro groups is 1. The molecule has 8 heteroatoms. The van der Waals surface area contributed by atoms with E-state index in [4.69, 9.17) is 16.6 Å². The highest BCUT2D eigenvalue weighted by Gasteiger charge is 2.42. The lowest BCUT2D eigenvalue weighted by atomic mass is 10.0. The number of aromatic nitrogens is 1. The number of pyridine rings is 1. The van der Waals surface area contributed by atoms with E-state index in [0.29, 0.717) is 28.1 Å². The van der Waals surface area contributed by atoms with Crippen molar-refractivity contribution in [2.24, 2.45) is 0 Å². The third kappa shape index (κ3) is 4.28. The van der Waals surface area contributed by atoms with Crippen LogP contribution in [0, 0.1) is 10.1 Å². The Bertz CT molecular complexity index is 1370. The second-order valence-corrected chi connectivity index (χ2v) is 9.11. The van der Waals surface area contributed by atoms with Crippen LogP contribution in [0.1, 0.15) is 48.9 Å². The molecule has 7 nitrogen and oxygen atoms in total. The first-order valence-electron chi connectivity index (χ1n) is 11.4. The summed E-state index contributed by atoms with van der Waals surface area (Å²) in [4.78, 5) is 17.8. The van der Waals surface area contributed by atoms with Crippen LogP contribution < -0.4 is 10.2 Å². The Labute approximate surface area is 208 Å². The molecule has 0 radical (unpaired) electrons. The summed E-state index contributed by atoms with van der Waals surface area (Å²) in [6.45, 7) is 4.31. The Kier molecular flexibility index (Phi) is 6.05. The molecule has 3 heterocycles. The van der Waals surface area contributed by atoms with Crippen LogP contribution in [0.4, 0.5) is 11.4 Å². The van der Waals surface area contributed by atoms with Crippen molar-refractivity contribution in [2.75, 3.05) is 4.90 Å². The van der Waals surface area contributed by atoms with E-state index in [0.717, 1.165) is 11.4 Å². The SMILES string of the molecule is CC(C)c1ccc(N2C(=S)N[C@H](c3ccccn3)[C@H]2c2ccc(-c3ccccc3[N+](=O)[O-])o2)cc1. The number of nitro benzene ring substituents is 1. The topological polar surface area (TPSA) is 84.4 Å². The van der Waals surface area contributed by atoms with Crippen LogP contribution in [0.15, 0.2) is 89.5 Å². The van der Waals surface area contributed by atoms with Gasteiger partial charge in [0, 0.05) is 18.0 Å². The van der Waals surface area contributed by atoms with E-state index in [1.165, 1.54) is 11.6 Å². The number of nitrogens with one attached hydrogen (secondary N) is 1. The van der Waals surface area contributed by atoms with E-state index >= 15 is 0 Å². The number of rotatable bonds is 6. The Balaban J connectivity index is 1.60. The van der Waals surface area contributed by atoms with Gasteiger partial charge in [-0.05, 0) is 66.2 Å². The predicted molar refractivity (Wildman–Crippen MR) is 139 cm³/mol. The monoisotopic (exact) mass is 484 g/mol. The average molecular weight is 485 g/mol. The fraction of sp³-hybridized carbons (Fsp3) is 0.185. The van der Waals surface area contributed by atoms with E-state index in [-0.39, 0.29) is 17.8 Å². The van der Waals surface area contributed by atoms with Gasteiger partial charge in [-0.1, -0.05) is 44.2 Å². The molecule has 176 valence electrons. The molecule has 4 aromatic rings. The highest BCUT2D eigenvalue weighted by atomic mass is 32.1. The van der Waals surface area contributed by atoms with Crippen LogP contribution in [-0.2, 0) is 0 Å². The summed E-state index contributed by atoms with van der Waals surface area (Å²) < 4.78 is 6.28. The number of hydrogen-bond acceptors (Lipinski definition) is 5. The molecule has 0 unspecified atom stereocenters. The maximum Gasteiger partial charge on any atom is 0.280 e. The quantitative estimate of drug-likeness (QED) is 0.189. The molecule has 1 aliphatic heterocycles. The summed E-state index contributed by atoms with van der Waals surface area (Å²) in [5, 5.41) is 15.5. The minimum absolute atomic E-state index is 0.00382. The lowest BCUT2D eigenvalue weighted by molar-refractivity contribution is -0.384. The summed E-state index contributed by atoms with van der Waals surface area (Å²) >= 11 is 5.77. The van der Waals surface area contributed by atoms with Crippen LogP contribution in [0.5, 0.6) is 0 Å². The van der Waals surface area contributed by atoms with Crippen LogP contribution in [0.25, 0.3) is 11.3 Å². The van der Waals surface area contributed by atoms with Crippen LogP contribution in [0.3, 0.4) is 0 Å². The van der Waals surface area contributed by atoms with Crippen molar-refractivity contribution in [1.29, 1.82) is 0 Å². The van der Waals surface area contributed by atoms with Gasteiger partial charge in [-0.25, -0.2) is 0 Å². The second kappa shape index (κ2) is 9.31. The van der Waals surface area contributed by atoms with Gasteiger partial charge in [-0.3, -0.25) is 15.1 Å². The van der Waals surface area contributed by atoms with Crippen molar-refractivity contribution >= 4 is 28.7 Å². The van der Waals surface area contributed by atoms with Crippen LogP contribution in [0.2, 0.25) is 0 Å². The fourth-order valence-electron chi connectivity index (χ4n) is 4.44. The van der Waals surface area contributed by atoms with Gasteiger partial charge in [-0.15, -0.1) is 0 Å². The maximum atomic E-state index is 11.6. The highest BCUT2D eigenvalue weighted by Crippen LogP contribution is 2.43. The molecule has 1 saturated heterocycles. The number of para-hydroxylation sites is 1. The Morgan fingerprint density at radius 3 is 2.46 bits per heavy atom. The molecular weight excluding hydrogens is 460 g/mol. The number of nitrogens with zero attached hydrogens (tertiary/aromatic N) is 3. The first kappa shape index (κ1) is 22.7. The largest absolute Gasteiger partial charge is 0.459 e. The molecule has 2 atom stereocenters. The summed E-state index contributed by atoms with van der Waals surface area (Å²) in [6, 6.07) is 23.7. The van der Waals surface area contributed by atoms with Crippen molar-refractivity contribution in [3.63, 3.8) is 0 Å². The molecule has 1 N–H and O–H groups in total. The normalized spacial score (nSPS) is 17.6. The Morgan fingerprint density at radius 1 is 1.03 bits per heavy atom. The fourth-order valence-corrected chi connectivity index (χ4v) is 4.79. The predicted octanol–water partition coefficient (Wildman–Crippen LogP) is 6.55. The zero-order valence-corrected chi connectivity index (χ0v) is 20.1. The standard InChI is InChI=1S/C27H24N4O3S/c1-17(2)18-10-12-19(13-11-18)30-26(25(29-27(30)35)21-8-5-6-16-28-21)24-15-14-23(34-24)20-7-3-4-9-22(20)31(32)33/h3-17,25-26H,1-2H3,(H,29,35)/t25-,26-/m1/s1. The van der Waals surface area contributed by atoms with Gasteiger partial charge in [0.05, 0.1) is 22.2 Å². The van der Waals surface area contributed by atoms with Crippen molar-refractivity contribution in [1.82, 2.24) is 10.3 Å².